The lowest BCUT2D eigenvalue weighted by atomic mass is 9.99. The normalized spacial score (nSPS) is 26.9. The van der Waals surface area contributed by atoms with Crippen LogP contribution in [0.25, 0.3) is 0 Å². The number of nitrogens with two attached hydrogens (primary N) is 1. The van der Waals surface area contributed by atoms with Crippen molar-refractivity contribution in [2.45, 2.75) is 45.0 Å². The van der Waals surface area contributed by atoms with Crippen LogP contribution in [0.3, 0.4) is 0 Å². The van der Waals surface area contributed by atoms with Gasteiger partial charge in [0.2, 0.25) is 0 Å². The van der Waals surface area contributed by atoms with Crippen molar-refractivity contribution < 1.29 is 9.84 Å². The molecule has 0 aromatic carbocycles. The van der Waals surface area contributed by atoms with Crippen LogP contribution in [0.1, 0.15) is 37.0 Å². The minimum Gasteiger partial charge on any atom is -0.386 e. The predicted molar refractivity (Wildman–Crippen MR) is 61.9 cm³/mol. The van der Waals surface area contributed by atoms with Gasteiger partial charge < -0.3 is 15.6 Å². The third-order valence-electron chi connectivity index (χ3n) is 3.15. The maximum Gasteiger partial charge on any atom is 0.129 e. The molecule has 0 radical (unpaired) electrons. The molecule has 4 nitrogen and oxygen atoms in total. The first kappa shape index (κ1) is 11.4. The van der Waals surface area contributed by atoms with Crippen molar-refractivity contribution in [2.75, 3.05) is 5.73 Å². The molecule has 2 heterocycles. The standard InChI is InChI=1S/C12H18N2O2/c1-7-5-6-14-12(13)10(7)11(15)9-4-3-8(2)16-9/h5-6,8-9,11,15H,3-4H2,1-2H3,(H2,13,14). The van der Waals surface area contributed by atoms with Gasteiger partial charge in [-0.25, -0.2) is 4.98 Å². The fourth-order valence-electron chi connectivity index (χ4n) is 2.23. The molecule has 1 aromatic heterocycles. The van der Waals surface area contributed by atoms with Crippen LogP contribution in [0.2, 0.25) is 0 Å². The number of nitrogens with zero attached hydrogens (tertiary/aromatic N) is 1. The van der Waals surface area contributed by atoms with Crippen molar-refractivity contribution in [3.8, 4) is 0 Å². The highest BCUT2D eigenvalue weighted by atomic mass is 16.5. The number of aliphatic hydroxyl groups is 1. The zero-order valence-corrected chi connectivity index (χ0v) is 9.68. The molecule has 0 amide bonds. The van der Waals surface area contributed by atoms with E-state index < -0.39 is 6.10 Å². The van der Waals surface area contributed by atoms with E-state index in [-0.39, 0.29) is 12.2 Å². The lowest BCUT2D eigenvalue weighted by Crippen LogP contribution is -2.21. The third kappa shape index (κ3) is 2.03. The first-order valence-corrected chi connectivity index (χ1v) is 5.64. The number of anilines is 1. The molecular weight excluding hydrogens is 204 g/mol. The smallest absolute Gasteiger partial charge is 0.129 e. The number of aliphatic hydroxyl groups excluding tert-OH is 1. The first-order valence-electron chi connectivity index (χ1n) is 5.64. The molecule has 1 fully saturated rings. The van der Waals surface area contributed by atoms with Crippen molar-refractivity contribution in [2.24, 2.45) is 0 Å². The van der Waals surface area contributed by atoms with Crippen molar-refractivity contribution in [3.63, 3.8) is 0 Å². The van der Waals surface area contributed by atoms with Crippen molar-refractivity contribution in [3.05, 3.63) is 23.4 Å². The second-order valence-corrected chi connectivity index (χ2v) is 4.43. The molecule has 0 saturated carbocycles. The highest BCUT2D eigenvalue weighted by Crippen LogP contribution is 2.33. The SMILES string of the molecule is Cc1ccnc(N)c1C(O)C1CCC(C)O1. The van der Waals surface area contributed by atoms with Crippen molar-refractivity contribution in [1.29, 1.82) is 0 Å². The maximum absolute atomic E-state index is 10.3. The minimum atomic E-state index is -0.668. The van der Waals surface area contributed by atoms with Crippen LogP contribution in [-0.2, 0) is 4.74 Å². The fraction of sp³-hybridized carbons (Fsp3) is 0.583. The molecule has 3 unspecified atom stereocenters. The van der Waals surface area contributed by atoms with Crippen LogP contribution in [-0.4, -0.2) is 22.3 Å². The van der Waals surface area contributed by atoms with Crippen LogP contribution in [0, 0.1) is 6.92 Å². The average molecular weight is 222 g/mol. The van der Waals surface area contributed by atoms with Gasteiger partial charge in [0.25, 0.3) is 0 Å². The van der Waals surface area contributed by atoms with Gasteiger partial charge in [0.15, 0.2) is 0 Å². The predicted octanol–water partition coefficient (Wildman–Crippen LogP) is 1.57. The van der Waals surface area contributed by atoms with E-state index in [1.54, 1.807) is 6.20 Å². The Hall–Kier alpha value is -1.13. The van der Waals surface area contributed by atoms with Crippen molar-refractivity contribution >= 4 is 5.82 Å². The number of nitrogen functional groups attached to an aromatic ring is 1. The number of ether oxygens (including phenoxy) is 1. The molecule has 0 aliphatic carbocycles. The zero-order chi connectivity index (χ0) is 11.7. The largest absolute Gasteiger partial charge is 0.386 e. The molecule has 4 heteroatoms. The van der Waals surface area contributed by atoms with Gasteiger partial charge in [0, 0.05) is 11.8 Å². The number of hydrogen-bond donors (Lipinski definition) is 2. The zero-order valence-electron chi connectivity index (χ0n) is 9.68. The summed E-state index contributed by atoms with van der Waals surface area (Å²) < 4.78 is 5.65. The topological polar surface area (TPSA) is 68.4 Å². The van der Waals surface area contributed by atoms with E-state index in [0.717, 1.165) is 18.4 Å². The lowest BCUT2D eigenvalue weighted by molar-refractivity contribution is -0.0297. The Balaban J connectivity index is 2.23. The van der Waals surface area contributed by atoms with Crippen molar-refractivity contribution in [1.82, 2.24) is 4.98 Å². The summed E-state index contributed by atoms with van der Waals surface area (Å²) in [7, 11) is 0. The second kappa shape index (κ2) is 4.39. The average Bonchev–Trinajstić information content (AvgIpc) is 2.64. The van der Waals surface area contributed by atoms with Crippen LogP contribution >= 0.6 is 0 Å². The number of aromatic nitrogens is 1. The van der Waals surface area contributed by atoms with Crippen LogP contribution in [0.4, 0.5) is 5.82 Å². The molecule has 1 aromatic rings. The van der Waals surface area contributed by atoms with E-state index in [9.17, 15) is 5.11 Å². The summed E-state index contributed by atoms with van der Waals surface area (Å²) in [5.41, 5.74) is 7.47. The van der Waals surface area contributed by atoms with E-state index in [4.69, 9.17) is 10.5 Å². The molecule has 0 spiro atoms. The molecule has 16 heavy (non-hydrogen) atoms. The third-order valence-corrected chi connectivity index (χ3v) is 3.15. The molecule has 0 bridgehead atoms. The molecule has 1 aliphatic rings. The van der Waals surface area contributed by atoms with Gasteiger partial charge in [-0.2, -0.15) is 0 Å². The van der Waals surface area contributed by atoms with Gasteiger partial charge in [0.1, 0.15) is 11.9 Å². The number of hydrogen-bond acceptors (Lipinski definition) is 4. The van der Waals surface area contributed by atoms with Gasteiger partial charge >= 0.3 is 0 Å². The Labute approximate surface area is 95.4 Å². The second-order valence-electron chi connectivity index (χ2n) is 4.43. The number of aryl methyl sites for hydroxylation is 1. The molecule has 1 aliphatic heterocycles. The molecule has 3 atom stereocenters. The van der Waals surface area contributed by atoms with E-state index in [1.807, 2.05) is 19.9 Å². The monoisotopic (exact) mass is 222 g/mol. The molecule has 3 N–H and O–H groups in total. The number of pyridine rings is 1. The summed E-state index contributed by atoms with van der Waals surface area (Å²) >= 11 is 0. The van der Waals surface area contributed by atoms with Gasteiger partial charge in [-0.15, -0.1) is 0 Å². The minimum absolute atomic E-state index is 0.153. The summed E-state index contributed by atoms with van der Waals surface area (Å²) in [6, 6.07) is 1.85. The molecule has 88 valence electrons. The number of rotatable bonds is 2. The summed E-state index contributed by atoms with van der Waals surface area (Å²) in [5, 5.41) is 10.3. The highest BCUT2D eigenvalue weighted by molar-refractivity contribution is 5.45. The lowest BCUT2D eigenvalue weighted by Gasteiger charge is -2.21. The molecule has 1 saturated heterocycles. The maximum atomic E-state index is 10.3. The van der Waals surface area contributed by atoms with Crippen LogP contribution in [0.15, 0.2) is 12.3 Å². The summed E-state index contributed by atoms with van der Waals surface area (Å²) in [4.78, 5) is 4.01. The van der Waals surface area contributed by atoms with Gasteiger partial charge in [0.05, 0.1) is 12.2 Å². The Bertz CT molecular complexity index is 361. The quantitative estimate of drug-likeness (QED) is 0.797. The van der Waals surface area contributed by atoms with Crippen LogP contribution < -0.4 is 5.73 Å². The Kier molecular flexibility index (Phi) is 3.12. The van der Waals surface area contributed by atoms with E-state index in [0.29, 0.717) is 11.4 Å². The Morgan fingerprint density at radius 2 is 2.31 bits per heavy atom. The molecule has 2 rings (SSSR count). The summed E-state index contributed by atoms with van der Waals surface area (Å²) in [6.07, 6.45) is 2.91. The first-order chi connectivity index (χ1) is 7.59. The van der Waals surface area contributed by atoms with E-state index in [2.05, 4.69) is 4.98 Å². The fourth-order valence-corrected chi connectivity index (χ4v) is 2.23. The Morgan fingerprint density at radius 1 is 1.56 bits per heavy atom. The molecular formula is C12H18N2O2. The van der Waals surface area contributed by atoms with E-state index in [1.165, 1.54) is 0 Å². The summed E-state index contributed by atoms with van der Waals surface area (Å²) in [5.74, 6) is 0.399. The van der Waals surface area contributed by atoms with Gasteiger partial charge in [-0.05, 0) is 38.3 Å². The summed E-state index contributed by atoms with van der Waals surface area (Å²) in [6.45, 7) is 3.95. The Morgan fingerprint density at radius 3 is 2.88 bits per heavy atom. The van der Waals surface area contributed by atoms with E-state index >= 15 is 0 Å². The van der Waals surface area contributed by atoms with Gasteiger partial charge in [-0.3, -0.25) is 0 Å². The highest BCUT2D eigenvalue weighted by Gasteiger charge is 2.31. The van der Waals surface area contributed by atoms with Crippen LogP contribution in [0.5, 0.6) is 0 Å². The van der Waals surface area contributed by atoms with Gasteiger partial charge in [-0.1, -0.05) is 0 Å².